The van der Waals surface area contributed by atoms with Gasteiger partial charge in [-0.3, -0.25) is 14.5 Å². The lowest BCUT2D eigenvalue weighted by Gasteiger charge is -2.31. The van der Waals surface area contributed by atoms with Crippen LogP contribution < -0.4 is 10.2 Å². The summed E-state index contributed by atoms with van der Waals surface area (Å²) < 4.78 is 16.4. The van der Waals surface area contributed by atoms with Crippen molar-refractivity contribution in [3.05, 3.63) is 65.7 Å². The minimum absolute atomic E-state index is 0.0153. The van der Waals surface area contributed by atoms with E-state index in [1.54, 1.807) is 24.3 Å². The number of rotatable bonds is 6. The Morgan fingerprint density at radius 1 is 1.24 bits per heavy atom. The van der Waals surface area contributed by atoms with E-state index in [9.17, 15) is 14.0 Å². The number of anilines is 1. The lowest BCUT2D eigenvalue weighted by Crippen LogP contribution is -2.46. The monoisotopic (exact) mass is 446 g/mol. The molecule has 0 saturated heterocycles. The van der Waals surface area contributed by atoms with Crippen molar-refractivity contribution < 1.29 is 14.0 Å². The smallest absolute Gasteiger partial charge is 0.303 e. The first-order valence-electron chi connectivity index (χ1n) is 10.7. The zero-order valence-electron chi connectivity index (χ0n) is 18.1. The Balaban J connectivity index is 1.79. The number of aromatic nitrogens is 4. The number of carbonyl (C=O) groups excluding carboxylic acids is 2. The SMILES string of the molecule is C#CC(=O)N(c1ccc(-n2cnnn2)c(C)c1)C(C(=O)NC1CCCC1)c1ccccc1F. The standard InChI is InChI=1S/C24H23FN6O2/c1-3-22(32)31(18-12-13-21(16(2)14-18)30-15-26-28-29-30)23(19-10-6-7-11-20(19)25)24(33)27-17-8-4-5-9-17/h1,6-7,10-15,17,23H,4-5,8-9H2,2H3,(H,27,33). The summed E-state index contributed by atoms with van der Waals surface area (Å²) in [6.07, 6.45) is 10.6. The van der Waals surface area contributed by atoms with Crippen molar-refractivity contribution in [2.75, 3.05) is 4.90 Å². The normalized spacial score (nSPS) is 14.5. The molecule has 33 heavy (non-hydrogen) atoms. The topological polar surface area (TPSA) is 93.0 Å². The summed E-state index contributed by atoms with van der Waals surface area (Å²) in [5.41, 5.74) is 1.86. The van der Waals surface area contributed by atoms with E-state index < -0.39 is 23.7 Å². The van der Waals surface area contributed by atoms with Gasteiger partial charge < -0.3 is 5.32 Å². The average molecular weight is 446 g/mol. The lowest BCUT2D eigenvalue weighted by atomic mass is 10.0. The predicted octanol–water partition coefficient (Wildman–Crippen LogP) is 2.88. The third-order valence-corrected chi connectivity index (χ3v) is 5.80. The second kappa shape index (κ2) is 9.61. The third kappa shape index (κ3) is 4.60. The summed E-state index contributed by atoms with van der Waals surface area (Å²) in [6.45, 7) is 1.82. The largest absolute Gasteiger partial charge is 0.351 e. The number of nitrogens with zero attached hydrogens (tertiary/aromatic N) is 5. The molecule has 0 spiro atoms. The summed E-state index contributed by atoms with van der Waals surface area (Å²) in [5.74, 6) is 0.269. The molecule has 0 aliphatic heterocycles. The first kappa shape index (κ1) is 22.1. The molecule has 1 unspecified atom stereocenters. The molecule has 4 rings (SSSR count). The minimum Gasteiger partial charge on any atom is -0.351 e. The first-order valence-corrected chi connectivity index (χ1v) is 10.7. The summed E-state index contributed by atoms with van der Waals surface area (Å²) in [4.78, 5) is 27.6. The maximum Gasteiger partial charge on any atom is 0.303 e. The van der Waals surface area contributed by atoms with Gasteiger partial charge in [0.1, 0.15) is 18.2 Å². The van der Waals surface area contributed by atoms with Crippen molar-refractivity contribution >= 4 is 17.5 Å². The summed E-state index contributed by atoms with van der Waals surface area (Å²) in [7, 11) is 0. The number of carbonyl (C=O) groups is 2. The van der Waals surface area contributed by atoms with Gasteiger partial charge in [-0.1, -0.05) is 31.0 Å². The van der Waals surface area contributed by atoms with Gasteiger partial charge in [-0.25, -0.2) is 9.07 Å². The van der Waals surface area contributed by atoms with E-state index in [1.807, 2.05) is 6.92 Å². The minimum atomic E-state index is -1.27. The molecule has 8 nitrogen and oxygen atoms in total. The molecule has 1 fully saturated rings. The lowest BCUT2D eigenvalue weighted by molar-refractivity contribution is -0.125. The van der Waals surface area contributed by atoms with E-state index >= 15 is 0 Å². The Hall–Kier alpha value is -4.06. The number of tetrazole rings is 1. The van der Waals surface area contributed by atoms with Gasteiger partial charge in [0.25, 0.3) is 0 Å². The number of hydrogen-bond donors (Lipinski definition) is 1. The number of aryl methyl sites for hydroxylation is 1. The van der Waals surface area contributed by atoms with Crippen molar-refractivity contribution in [1.82, 2.24) is 25.5 Å². The first-order chi connectivity index (χ1) is 16.0. The Labute approximate surface area is 190 Å². The number of nitrogens with one attached hydrogen (secondary N) is 1. The molecule has 2 aromatic carbocycles. The molecule has 1 aliphatic rings. The van der Waals surface area contributed by atoms with Crippen LogP contribution in [0.15, 0.2) is 48.8 Å². The van der Waals surface area contributed by atoms with Crippen LogP contribution in [0.5, 0.6) is 0 Å². The molecular formula is C24H23FN6O2. The summed E-state index contributed by atoms with van der Waals surface area (Å²) >= 11 is 0. The summed E-state index contributed by atoms with van der Waals surface area (Å²) in [6, 6.07) is 9.67. The fraction of sp³-hybridized carbons (Fsp3) is 0.292. The van der Waals surface area contributed by atoms with Gasteiger partial charge >= 0.3 is 5.91 Å². The molecule has 2 amide bonds. The van der Waals surface area contributed by atoms with E-state index in [0.717, 1.165) is 31.2 Å². The van der Waals surface area contributed by atoms with Gasteiger partial charge in [0.15, 0.2) is 0 Å². The van der Waals surface area contributed by atoms with Crippen LogP contribution in [-0.4, -0.2) is 38.1 Å². The van der Waals surface area contributed by atoms with Crippen LogP contribution in [0, 0.1) is 25.1 Å². The van der Waals surface area contributed by atoms with Gasteiger partial charge in [-0.2, -0.15) is 0 Å². The van der Waals surface area contributed by atoms with E-state index in [2.05, 4.69) is 26.8 Å². The Bertz CT molecular complexity index is 1200. The highest BCUT2D eigenvalue weighted by Gasteiger charge is 2.35. The van der Waals surface area contributed by atoms with Crippen LogP contribution >= 0.6 is 0 Å². The number of benzene rings is 2. The van der Waals surface area contributed by atoms with Gasteiger partial charge in [0, 0.05) is 17.3 Å². The Morgan fingerprint density at radius 3 is 2.64 bits per heavy atom. The van der Waals surface area contributed by atoms with Crippen LogP contribution in [0.2, 0.25) is 0 Å². The molecule has 0 radical (unpaired) electrons. The zero-order valence-corrected chi connectivity index (χ0v) is 18.1. The molecule has 1 heterocycles. The van der Waals surface area contributed by atoms with Gasteiger partial charge in [0.05, 0.1) is 5.69 Å². The third-order valence-electron chi connectivity index (χ3n) is 5.80. The van der Waals surface area contributed by atoms with E-state index in [1.165, 1.54) is 34.1 Å². The molecule has 1 aromatic heterocycles. The van der Waals surface area contributed by atoms with Gasteiger partial charge in [-0.15, -0.1) is 11.5 Å². The number of hydrogen-bond acceptors (Lipinski definition) is 5. The van der Waals surface area contributed by atoms with Crippen LogP contribution in [0.25, 0.3) is 5.69 Å². The number of halogens is 1. The second-order valence-corrected chi connectivity index (χ2v) is 7.96. The molecule has 1 N–H and O–H groups in total. The van der Waals surface area contributed by atoms with Gasteiger partial charge in [0.2, 0.25) is 5.91 Å². The van der Waals surface area contributed by atoms with Crippen molar-refractivity contribution in [2.45, 2.75) is 44.7 Å². The number of amides is 2. The van der Waals surface area contributed by atoms with Crippen LogP contribution in [0.4, 0.5) is 10.1 Å². The molecule has 1 aliphatic carbocycles. The van der Waals surface area contributed by atoms with E-state index in [0.29, 0.717) is 11.4 Å². The quantitative estimate of drug-likeness (QED) is 0.588. The predicted molar refractivity (Wildman–Crippen MR) is 120 cm³/mol. The van der Waals surface area contributed by atoms with E-state index in [-0.39, 0.29) is 11.6 Å². The van der Waals surface area contributed by atoms with E-state index in [4.69, 9.17) is 6.42 Å². The fourth-order valence-electron chi connectivity index (χ4n) is 4.22. The molecular weight excluding hydrogens is 423 g/mol. The molecule has 1 saturated carbocycles. The molecule has 3 aromatic rings. The van der Waals surface area contributed by atoms with Crippen molar-refractivity contribution in [1.29, 1.82) is 0 Å². The second-order valence-electron chi connectivity index (χ2n) is 7.96. The average Bonchev–Trinajstić information content (AvgIpc) is 3.52. The van der Waals surface area contributed by atoms with Crippen molar-refractivity contribution in [2.24, 2.45) is 0 Å². The zero-order chi connectivity index (χ0) is 23.4. The molecule has 1 atom stereocenters. The summed E-state index contributed by atoms with van der Waals surface area (Å²) in [5, 5.41) is 14.1. The maximum atomic E-state index is 14.9. The number of terminal acetylenes is 1. The highest BCUT2D eigenvalue weighted by molar-refractivity contribution is 6.09. The Morgan fingerprint density at radius 2 is 2.00 bits per heavy atom. The highest BCUT2D eigenvalue weighted by Crippen LogP contribution is 2.32. The van der Waals surface area contributed by atoms with Crippen LogP contribution in [-0.2, 0) is 9.59 Å². The molecule has 0 bridgehead atoms. The highest BCUT2D eigenvalue weighted by atomic mass is 19.1. The van der Waals surface area contributed by atoms with Crippen LogP contribution in [0.1, 0.15) is 42.9 Å². The van der Waals surface area contributed by atoms with Crippen molar-refractivity contribution in [3.63, 3.8) is 0 Å². The maximum absolute atomic E-state index is 14.9. The molecule has 9 heteroatoms. The molecule has 168 valence electrons. The van der Waals surface area contributed by atoms with Gasteiger partial charge in [-0.05, 0) is 65.9 Å². The fourth-order valence-corrected chi connectivity index (χ4v) is 4.22. The van der Waals surface area contributed by atoms with Crippen molar-refractivity contribution in [3.8, 4) is 18.0 Å². The Kier molecular flexibility index (Phi) is 6.45. The van der Waals surface area contributed by atoms with Crippen LogP contribution in [0.3, 0.4) is 0 Å².